The van der Waals surface area contributed by atoms with Gasteiger partial charge in [0.25, 0.3) is 0 Å². The molecule has 146 valence electrons. The Morgan fingerprint density at radius 1 is 1.15 bits per heavy atom. The first kappa shape index (κ1) is 20.2. The van der Waals surface area contributed by atoms with E-state index in [0.717, 1.165) is 5.56 Å². The van der Waals surface area contributed by atoms with Gasteiger partial charge in [0, 0.05) is 30.7 Å². The van der Waals surface area contributed by atoms with Crippen molar-refractivity contribution in [1.82, 2.24) is 9.62 Å². The highest BCUT2D eigenvalue weighted by molar-refractivity contribution is 7.88. The summed E-state index contributed by atoms with van der Waals surface area (Å²) >= 11 is 5.93. The molecule has 0 spiro atoms. The fraction of sp³-hybridized carbons (Fsp3) is 0.368. The molecule has 27 heavy (non-hydrogen) atoms. The van der Waals surface area contributed by atoms with E-state index in [4.69, 9.17) is 16.3 Å². The Labute approximate surface area is 164 Å². The molecule has 1 aliphatic heterocycles. The Morgan fingerprint density at radius 3 is 2.52 bits per heavy atom. The van der Waals surface area contributed by atoms with E-state index in [0.29, 0.717) is 36.9 Å². The first-order valence-corrected chi connectivity index (χ1v) is 10.7. The molecule has 2 aromatic rings. The van der Waals surface area contributed by atoms with Gasteiger partial charge in [-0.25, -0.2) is 17.5 Å². The Kier molecular flexibility index (Phi) is 6.83. The van der Waals surface area contributed by atoms with E-state index >= 15 is 0 Å². The number of sulfonamides is 1. The molecule has 0 aromatic heterocycles. The first-order valence-electron chi connectivity index (χ1n) is 8.72. The van der Waals surface area contributed by atoms with E-state index in [1.165, 1.54) is 12.1 Å². The monoisotopic (exact) mass is 412 g/mol. The van der Waals surface area contributed by atoms with Gasteiger partial charge in [-0.05, 0) is 35.4 Å². The summed E-state index contributed by atoms with van der Waals surface area (Å²) in [4.78, 5) is 2.15. The van der Waals surface area contributed by atoms with Crippen LogP contribution in [-0.2, 0) is 20.5 Å². The molecule has 0 radical (unpaired) electrons. The number of benzene rings is 2. The number of halogens is 2. The van der Waals surface area contributed by atoms with E-state index < -0.39 is 10.0 Å². The van der Waals surface area contributed by atoms with Gasteiger partial charge in [0.2, 0.25) is 10.0 Å². The Bertz CT molecular complexity index is 856. The third kappa shape index (κ3) is 5.99. The van der Waals surface area contributed by atoms with Crippen LogP contribution >= 0.6 is 11.6 Å². The molecule has 1 N–H and O–H groups in total. The minimum Gasteiger partial charge on any atom is -0.379 e. The molecule has 5 nitrogen and oxygen atoms in total. The highest BCUT2D eigenvalue weighted by Crippen LogP contribution is 2.22. The lowest BCUT2D eigenvalue weighted by molar-refractivity contribution is 0.0172. The Hall–Kier alpha value is -1.51. The fourth-order valence-corrected chi connectivity index (χ4v) is 4.48. The standard InChI is InChI=1S/C19H22ClFN2O3S/c20-17-3-1-2-15(12-17)14-27(24,25)22-13-19(23-8-10-26-11-9-23)16-4-6-18(21)7-5-16/h1-7,12,19,22H,8-11,13-14H2. The summed E-state index contributed by atoms with van der Waals surface area (Å²) in [7, 11) is -3.54. The second-order valence-corrected chi connectivity index (χ2v) is 8.70. The molecule has 1 heterocycles. The Balaban J connectivity index is 1.72. The van der Waals surface area contributed by atoms with Crippen molar-refractivity contribution in [1.29, 1.82) is 0 Å². The number of rotatable bonds is 7. The second-order valence-electron chi connectivity index (χ2n) is 6.45. The molecule has 8 heteroatoms. The van der Waals surface area contributed by atoms with Crippen LogP contribution in [0.5, 0.6) is 0 Å². The third-order valence-electron chi connectivity index (χ3n) is 4.48. The highest BCUT2D eigenvalue weighted by atomic mass is 35.5. The minimum absolute atomic E-state index is 0.146. The van der Waals surface area contributed by atoms with E-state index in [2.05, 4.69) is 9.62 Å². The summed E-state index contributed by atoms with van der Waals surface area (Å²) in [6.45, 7) is 2.77. The van der Waals surface area contributed by atoms with Gasteiger partial charge in [0.15, 0.2) is 0 Å². The zero-order valence-corrected chi connectivity index (χ0v) is 16.3. The molecule has 0 bridgehead atoms. The van der Waals surface area contributed by atoms with Gasteiger partial charge in [-0.3, -0.25) is 4.90 Å². The molecule has 1 fully saturated rings. The first-order chi connectivity index (χ1) is 12.9. The molecule has 2 aromatic carbocycles. The van der Waals surface area contributed by atoms with Crippen LogP contribution in [-0.4, -0.2) is 46.2 Å². The van der Waals surface area contributed by atoms with Crippen molar-refractivity contribution in [3.8, 4) is 0 Å². The quantitative estimate of drug-likeness (QED) is 0.759. The topological polar surface area (TPSA) is 58.6 Å². The number of hydrogen-bond donors (Lipinski definition) is 1. The summed E-state index contributed by atoms with van der Waals surface area (Å²) in [5.74, 6) is -0.465. The molecule has 1 atom stereocenters. The second kappa shape index (κ2) is 9.12. The maximum absolute atomic E-state index is 13.3. The summed E-state index contributed by atoms with van der Waals surface area (Å²) in [5, 5.41) is 0.500. The lowest BCUT2D eigenvalue weighted by atomic mass is 10.0. The normalized spacial score (nSPS) is 17.0. The van der Waals surface area contributed by atoms with E-state index in [9.17, 15) is 12.8 Å². The van der Waals surface area contributed by atoms with Crippen LogP contribution in [0, 0.1) is 5.82 Å². The fourth-order valence-electron chi connectivity index (χ4n) is 3.13. The van der Waals surface area contributed by atoms with Crippen LogP contribution < -0.4 is 4.72 Å². The SMILES string of the molecule is O=S(=O)(Cc1cccc(Cl)c1)NCC(c1ccc(F)cc1)N1CCOCC1. The smallest absolute Gasteiger partial charge is 0.215 e. The average molecular weight is 413 g/mol. The summed E-state index contributed by atoms with van der Waals surface area (Å²) in [5.41, 5.74) is 1.49. The van der Waals surface area contributed by atoms with Crippen molar-refractivity contribution in [2.75, 3.05) is 32.8 Å². The molecular weight excluding hydrogens is 391 g/mol. The predicted octanol–water partition coefficient (Wildman–Crippen LogP) is 2.97. The van der Waals surface area contributed by atoms with Crippen LogP contribution in [0.1, 0.15) is 17.2 Å². The maximum Gasteiger partial charge on any atom is 0.215 e. The highest BCUT2D eigenvalue weighted by Gasteiger charge is 2.24. The largest absolute Gasteiger partial charge is 0.379 e. The van der Waals surface area contributed by atoms with Crippen LogP contribution in [0.4, 0.5) is 4.39 Å². The minimum atomic E-state index is -3.54. The van der Waals surface area contributed by atoms with Gasteiger partial charge in [-0.2, -0.15) is 0 Å². The molecule has 0 amide bonds. The number of hydrogen-bond acceptors (Lipinski definition) is 4. The average Bonchev–Trinajstić information content (AvgIpc) is 2.64. The van der Waals surface area contributed by atoms with Crippen LogP contribution in [0.3, 0.4) is 0 Å². The number of ether oxygens (including phenoxy) is 1. The van der Waals surface area contributed by atoms with Crippen molar-refractivity contribution in [2.24, 2.45) is 0 Å². The zero-order valence-electron chi connectivity index (χ0n) is 14.8. The van der Waals surface area contributed by atoms with Crippen molar-refractivity contribution in [3.05, 3.63) is 70.5 Å². The lowest BCUT2D eigenvalue weighted by Crippen LogP contribution is -2.44. The van der Waals surface area contributed by atoms with E-state index in [-0.39, 0.29) is 24.2 Å². The molecule has 1 aliphatic rings. The summed E-state index contributed by atoms with van der Waals surface area (Å²) in [6.07, 6.45) is 0. The third-order valence-corrected chi connectivity index (χ3v) is 6.04. The predicted molar refractivity (Wildman–Crippen MR) is 104 cm³/mol. The van der Waals surface area contributed by atoms with Gasteiger partial charge in [-0.1, -0.05) is 35.9 Å². The molecular formula is C19H22ClFN2O3S. The molecule has 3 rings (SSSR count). The van der Waals surface area contributed by atoms with Crippen molar-refractivity contribution in [3.63, 3.8) is 0 Å². The van der Waals surface area contributed by atoms with Crippen LogP contribution in [0.25, 0.3) is 0 Å². The van der Waals surface area contributed by atoms with Crippen molar-refractivity contribution >= 4 is 21.6 Å². The summed E-state index contributed by atoms with van der Waals surface area (Å²) in [6, 6.07) is 12.8. The molecule has 1 saturated heterocycles. The van der Waals surface area contributed by atoms with Gasteiger partial charge < -0.3 is 4.74 Å². The van der Waals surface area contributed by atoms with Gasteiger partial charge in [-0.15, -0.1) is 0 Å². The van der Waals surface area contributed by atoms with Crippen LogP contribution in [0.2, 0.25) is 5.02 Å². The van der Waals surface area contributed by atoms with Gasteiger partial charge >= 0.3 is 0 Å². The zero-order chi connectivity index (χ0) is 19.3. The molecule has 0 saturated carbocycles. The summed E-state index contributed by atoms with van der Waals surface area (Å²) < 4.78 is 46.4. The van der Waals surface area contributed by atoms with Crippen molar-refractivity contribution in [2.45, 2.75) is 11.8 Å². The van der Waals surface area contributed by atoms with Crippen molar-refractivity contribution < 1.29 is 17.5 Å². The number of nitrogens with zero attached hydrogens (tertiary/aromatic N) is 1. The van der Waals surface area contributed by atoms with Gasteiger partial charge in [0.05, 0.1) is 19.0 Å². The number of nitrogens with one attached hydrogen (secondary N) is 1. The van der Waals surface area contributed by atoms with Gasteiger partial charge in [0.1, 0.15) is 5.82 Å². The van der Waals surface area contributed by atoms with Crippen LogP contribution in [0.15, 0.2) is 48.5 Å². The Morgan fingerprint density at radius 2 is 1.85 bits per heavy atom. The lowest BCUT2D eigenvalue weighted by Gasteiger charge is -2.34. The van der Waals surface area contributed by atoms with E-state index in [1.54, 1.807) is 36.4 Å². The van der Waals surface area contributed by atoms with E-state index in [1.807, 2.05) is 0 Å². The molecule has 1 unspecified atom stereocenters. The molecule has 0 aliphatic carbocycles. The number of morpholine rings is 1. The maximum atomic E-state index is 13.3.